The zero-order valence-corrected chi connectivity index (χ0v) is 9.12. The molecule has 4 atom stereocenters. The van der Waals surface area contributed by atoms with E-state index >= 15 is 0 Å². The molecule has 2 aliphatic carbocycles. The molecule has 0 radical (unpaired) electrons. The SMILES string of the molecule is C[C@H]1[C@@H](C(=O)O)C[C@@]2(C)CCCC[C@H]12. The summed E-state index contributed by atoms with van der Waals surface area (Å²) in [5.41, 5.74) is 0.334. The van der Waals surface area contributed by atoms with Gasteiger partial charge in [0.05, 0.1) is 5.92 Å². The van der Waals surface area contributed by atoms with Crippen molar-refractivity contribution in [3.05, 3.63) is 0 Å². The van der Waals surface area contributed by atoms with Crippen LogP contribution >= 0.6 is 0 Å². The van der Waals surface area contributed by atoms with Crippen molar-refractivity contribution in [3.8, 4) is 0 Å². The molecular formula is C12H20O2. The molecule has 0 amide bonds. The minimum absolute atomic E-state index is 0.0805. The second kappa shape index (κ2) is 3.25. The molecule has 0 aromatic carbocycles. The number of carboxylic acid groups (broad SMARTS) is 1. The van der Waals surface area contributed by atoms with Crippen molar-refractivity contribution in [2.45, 2.75) is 46.0 Å². The van der Waals surface area contributed by atoms with Crippen molar-refractivity contribution in [2.24, 2.45) is 23.2 Å². The summed E-state index contributed by atoms with van der Waals surface area (Å²) in [6.07, 6.45) is 6.00. The molecule has 2 nitrogen and oxygen atoms in total. The molecule has 0 unspecified atom stereocenters. The van der Waals surface area contributed by atoms with Gasteiger partial charge in [0.25, 0.3) is 0 Å². The van der Waals surface area contributed by atoms with E-state index in [1.54, 1.807) is 0 Å². The topological polar surface area (TPSA) is 37.3 Å². The fourth-order valence-electron chi connectivity index (χ4n) is 3.86. The molecule has 0 aromatic heterocycles. The van der Waals surface area contributed by atoms with Crippen LogP contribution in [0.5, 0.6) is 0 Å². The predicted octanol–water partition coefficient (Wildman–Crippen LogP) is 2.92. The molecule has 0 aliphatic heterocycles. The molecule has 80 valence electrons. The quantitative estimate of drug-likeness (QED) is 0.700. The Morgan fingerprint density at radius 2 is 2.14 bits per heavy atom. The molecule has 0 spiro atoms. The summed E-state index contributed by atoms with van der Waals surface area (Å²) in [5, 5.41) is 9.15. The first-order valence-electron chi connectivity index (χ1n) is 5.77. The van der Waals surface area contributed by atoms with Crippen molar-refractivity contribution in [1.82, 2.24) is 0 Å². The second-order valence-corrected chi connectivity index (χ2v) is 5.51. The average Bonchev–Trinajstić information content (AvgIpc) is 2.39. The van der Waals surface area contributed by atoms with Crippen LogP contribution in [0.15, 0.2) is 0 Å². The Bertz CT molecular complexity index is 249. The van der Waals surface area contributed by atoms with E-state index in [4.69, 9.17) is 5.11 Å². The van der Waals surface area contributed by atoms with Crippen LogP contribution in [0.1, 0.15) is 46.0 Å². The maximum absolute atomic E-state index is 11.1. The molecule has 2 heteroatoms. The molecule has 0 saturated heterocycles. The molecule has 14 heavy (non-hydrogen) atoms. The maximum Gasteiger partial charge on any atom is 0.306 e. The number of rotatable bonds is 1. The van der Waals surface area contributed by atoms with Crippen molar-refractivity contribution in [3.63, 3.8) is 0 Å². The van der Waals surface area contributed by atoms with E-state index in [-0.39, 0.29) is 5.92 Å². The standard InChI is InChI=1S/C12H20O2/c1-8-9(11(13)14)7-12(2)6-4-3-5-10(8)12/h8-10H,3-7H2,1-2H3,(H,13,14)/t8-,9-,10+,12+/m0/s1. The highest BCUT2D eigenvalue weighted by Gasteiger charge is 2.51. The monoisotopic (exact) mass is 196 g/mol. The van der Waals surface area contributed by atoms with E-state index in [0.717, 1.165) is 6.42 Å². The molecule has 2 aliphatic rings. The molecule has 1 N–H and O–H groups in total. The van der Waals surface area contributed by atoms with Gasteiger partial charge in [-0.3, -0.25) is 4.79 Å². The Labute approximate surface area is 85.7 Å². The highest BCUT2D eigenvalue weighted by Crippen LogP contribution is 2.56. The van der Waals surface area contributed by atoms with Gasteiger partial charge in [0.1, 0.15) is 0 Å². The van der Waals surface area contributed by atoms with Gasteiger partial charge < -0.3 is 5.11 Å². The first-order chi connectivity index (χ1) is 6.54. The van der Waals surface area contributed by atoms with Crippen molar-refractivity contribution in [2.75, 3.05) is 0 Å². The van der Waals surface area contributed by atoms with Gasteiger partial charge in [0.15, 0.2) is 0 Å². The van der Waals surface area contributed by atoms with E-state index in [1.807, 2.05) is 0 Å². The first-order valence-corrected chi connectivity index (χ1v) is 5.77. The van der Waals surface area contributed by atoms with E-state index in [1.165, 1.54) is 25.7 Å². The molecule has 2 rings (SSSR count). The number of fused-ring (bicyclic) bond motifs is 1. The van der Waals surface area contributed by atoms with Crippen LogP contribution in [0.2, 0.25) is 0 Å². The number of hydrogen-bond donors (Lipinski definition) is 1. The summed E-state index contributed by atoms with van der Waals surface area (Å²) >= 11 is 0. The van der Waals surface area contributed by atoms with Crippen molar-refractivity contribution in [1.29, 1.82) is 0 Å². The summed E-state index contributed by atoms with van der Waals surface area (Å²) in [6, 6.07) is 0. The molecule has 0 aromatic rings. The van der Waals surface area contributed by atoms with Crippen molar-refractivity contribution >= 4 is 5.97 Å². The Kier molecular flexibility index (Phi) is 2.32. The number of carboxylic acids is 1. The molecule has 2 fully saturated rings. The maximum atomic E-state index is 11.1. The second-order valence-electron chi connectivity index (χ2n) is 5.51. The van der Waals surface area contributed by atoms with E-state index in [2.05, 4.69) is 13.8 Å². The Hall–Kier alpha value is -0.530. The fraction of sp³-hybridized carbons (Fsp3) is 0.917. The minimum atomic E-state index is -0.576. The first kappa shape index (κ1) is 10.0. The third-order valence-electron chi connectivity index (χ3n) is 4.68. The van der Waals surface area contributed by atoms with Crippen LogP contribution in [-0.4, -0.2) is 11.1 Å². The summed E-state index contributed by atoms with van der Waals surface area (Å²) in [5.74, 6) is 0.395. The fourth-order valence-corrected chi connectivity index (χ4v) is 3.86. The molecule has 0 heterocycles. The van der Waals surface area contributed by atoms with Crippen molar-refractivity contribution < 1.29 is 9.90 Å². The summed E-state index contributed by atoms with van der Waals surface area (Å²) in [4.78, 5) is 11.1. The van der Waals surface area contributed by atoms with E-state index < -0.39 is 5.97 Å². The Balaban J connectivity index is 2.20. The number of aliphatic carboxylic acids is 1. The van der Waals surface area contributed by atoms with Gasteiger partial charge in [-0.15, -0.1) is 0 Å². The molecular weight excluding hydrogens is 176 g/mol. The third-order valence-corrected chi connectivity index (χ3v) is 4.68. The lowest BCUT2D eigenvalue weighted by molar-refractivity contribution is -0.143. The summed E-state index contributed by atoms with van der Waals surface area (Å²) < 4.78 is 0. The highest BCUT2D eigenvalue weighted by atomic mass is 16.4. The van der Waals surface area contributed by atoms with Gasteiger partial charge in [-0.2, -0.15) is 0 Å². The zero-order valence-electron chi connectivity index (χ0n) is 9.12. The van der Waals surface area contributed by atoms with Crippen LogP contribution in [0.3, 0.4) is 0 Å². The van der Waals surface area contributed by atoms with Crippen LogP contribution in [0.25, 0.3) is 0 Å². The molecule has 0 bridgehead atoms. The predicted molar refractivity (Wildman–Crippen MR) is 55.0 cm³/mol. The van der Waals surface area contributed by atoms with E-state index in [9.17, 15) is 4.79 Å². The van der Waals surface area contributed by atoms with Gasteiger partial charge in [0.2, 0.25) is 0 Å². The minimum Gasteiger partial charge on any atom is -0.481 e. The smallest absolute Gasteiger partial charge is 0.306 e. The van der Waals surface area contributed by atoms with Gasteiger partial charge in [-0.1, -0.05) is 26.7 Å². The van der Waals surface area contributed by atoms with Crippen LogP contribution in [-0.2, 0) is 4.79 Å². The van der Waals surface area contributed by atoms with Crippen LogP contribution in [0.4, 0.5) is 0 Å². The van der Waals surface area contributed by atoms with Crippen LogP contribution < -0.4 is 0 Å². The van der Waals surface area contributed by atoms with Gasteiger partial charge >= 0.3 is 5.97 Å². The van der Waals surface area contributed by atoms with Gasteiger partial charge in [0, 0.05) is 0 Å². The van der Waals surface area contributed by atoms with Crippen LogP contribution in [0, 0.1) is 23.2 Å². The highest BCUT2D eigenvalue weighted by molar-refractivity contribution is 5.71. The lowest BCUT2D eigenvalue weighted by Gasteiger charge is -2.37. The summed E-state index contributed by atoms with van der Waals surface area (Å²) in [6.45, 7) is 4.44. The van der Waals surface area contributed by atoms with Gasteiger partial charge in [-0.05, 0) is 36.5 Å². The zero-order chi connectivity index (χ0) is 10.3. The Morgan fingerprint density at radius 3 is 2.71 bits per heavy atom. The summed E-state index contributed by atoms with van der Waals surface area (Å²) in [7, 11) is 0. The number of hydrogen-bond acceptors (Lipinski definition) is 1. The lowest BCUT2D eigenvalue weighted by atomic mass is 9.68. The van der Waals surface area contributed by atoms with Gasteiger partial charge in [-0.25, -0.2) is 0 Å². The third kappa shape index (κ3) is 1.35. The average molecular weight is 196 g/mol. The largest absolute Gasteiger partial charge is 0.481 e. The molecule has 2 saturated carbocycles. The van der Waals surface area contributed by atoms with E-state index in [0.29, 0.717) is 17.3 Å². The Morgan fingerprint density at radius 1 is 1.43 bits per heavy atom. The lowest BCUT2D eigenvalue weighted by Crippen LogP contribution is -2.28. The number of carbonyl (C=O) groups is 1. The normalized spacial score (nSPS) is 47.4.